The predicted molar refractivity (Wildman–Crippen MR) is 110 cm³/mol. The average molecular weight is 415 g/mol. The maximum absolute atomic E-state index is 13.7. The molecule has 0 aliphatic heterocycles. The number of hydrogen-bond acceptors (Lipinski definition) is 4. The lowest BCUT2D eigenvalue weighted by atomic mass is 10.1. The summed E-state index contributed by atoms with van der Waals surface area (Å²) in [4.78, 5) is -0.125. The third kappa shape index (κ3) is 4.51. The minimum Gasteiger partial charge on any atom is -0.493 e. The van der Waals surface area contributed by atoms with E-state index in [4.69, 9.17) is 9.47 Å². The number of sulfonamides is 1. The Morgan fingerprint density at radius 2 is 1.62 bits per heavy atom. The van der Waals surface area contributed by atoms with Crippen LogP contribution in [0, 0.1) is 12.7 Å². The Bertz CT molecular complexity index is 1120. The molecule has 0 bridgehead atoms. The molecule has 0 aliphatic rings. The van der Waals surface area contributed by atoms with Gasteiger partial charge in [0.05, 0.1) is 31.3 Å². The molecule has 7 heteroatoms. The summed E-state index contributed by atoms with van der Waals surface area (Å²) in [6, 6.07) is 17.4. The number of hydrogen-bond donors (Lipinski definition) is 0. The number of aryl methyl sites for hydroxylation is 1. The SMILES string of the molecule is COc1ccc(N(Cc2cccc(C)c2)S(=O)(=O)c2cccc(F)c2)cc1OC. The highest BCUT2D eigenvalue weighted by atomic mass is 32.2. The van der Waals surface area contributed by atoms with Crippen molar-refractivity contribution in [2.75, 3.05) is 18.5 Å². The number of nitrogens with zero attached hydrogens (tertiary/aromatic N) is 1. The lowest BCUT2D eigenvalue weighted by Gasteiger charge is -2.25. The second-order valence-corrected chi connectivity index (χ2v) is 8.36. The van der Waals surface area contributed by atoms with Gasteiger partial charge in [-0.15, -0.1) is 0 Å². The molecule has 0 unspecified atom stereocenters. The normalized spacial score (nSPS) is 11.2. The second kappa shape index (κ2) is 8.53. The van der Waals surface area contributed by atoms with Gasteiger partial charge in [0.15, 0.2) is 11.5 Å². The number of benzene rings is 3. The molecule has 0 saturated heterocycles. The van der Waals surface area contributed by atoms with E-state index in [1.807, 2.05) is 31.2 Å². The molecule has 0 heterocycles. The number of anilines is 1. The zero-order valence-corrected chi connectivity index (χ0v) is 17.2. The summed E-state index contributed by atoms with van der Waals surface area (Å²) in [6.07, 6.45) is 0. The van der Waals surface area contributed by atoms with Crippen molar-refractivity contribution in [2.24, 2.45) is 0 Å². The van der Waals surface area contributed by atoms with Gasteiger partial charge in [-0.2, -0.15) is 0 Å². The van der Waals surface area contributed by atoms with Crippen LogP contribution in [0.1, 0.15) is 11.1 Å². The van der Waals surface area contributed by atoms with E-state index >= 15 is 0 Å². The maximum Gasteiger partial charge on any atom is 0.264 e. The summed E-state index contributed by atoms with van der Waals surface area (Å²) in [6.45, 7) is 2.02. The average Bonchev–Trinajstić information content (AvgIpc) is 2.71. The molecular formula is C22H22FNO4S. The molecule has 0 aliphatic carbocycles. The lowest BCUT2D eigenvalue weighted by Crippen LogP contribution is -2.30. The minimum atomic E-state index is -4.04. The molecule has 0 N–H and O–H groups in total. The molecule has 29 heavy (non-hydrogen) atoms. The first-order valence-electron chi connectivity index (χ1n) is 8.91. The maximum atomic E-state index is 13.7. The molecule has 0 aromatic heterocycles. The van der Waals surface area contributed by atoms with Crippen LogP contribution in [-0.4, -0.2) is 22.6 Å². The van der Waals surface area contributed by atoms with Crippen LogP contribution in [0.4, 0.5) is 10.1 Å². The number of ether oxygens (including phenoxy) is 2. The Kier molecular flexibility index (Phi) is 6.08. The van der Waals surface area contributed by atoms with Crippen LogP contribution in [0.5, 0.6) is 11.5 Å². The molecule has 0 radical (unpaired) electrons. The van der Waals surface area contributed by atoms with Crippen molar-refractivity contribution < 1.29 is 22.3 Å². The Hall–Kier alpha value is -3.06. The van der Waals surface area contributed by atoms with Gasteiger partial charge >= 0.3 is 0 Å². The lowest BCUT2D eigenvalue weighted by molar-refractivity contribution is 0.355. The summed E-state index contributed by atoms with van der Waals surface area (Å²) >= 11 is 0. The van der Waals surface area contributed by atoms with Gasteiger partial charge in [0.1, 0.15) is 5.82 Å². The summed E-state index contributed by atoms with van der Waals surface area (Å²) in [5, 5.41) is 0. The topological polar surface area (TPSA) is 55.8 Å². The van der Waals surface area contributed by atoms with E-state index in [1.54, 1.807) is 18.2 Å². The van der Waals surface area contributed by atoms with Crippen molar-refractivity contribution in [3.05, 3.63) is 83.7 Å². The van der Waals surface area contributed by atoms with E-state index in [-0.39, 0.29) is 11.4 Å². The molecular weight excluding hydrogens is 393 g/mol. The van der Waals surface area contributed by atoms with Crippen LogP contribution in [0.15, 0.2) is 71.6 Å². The van der Waals surface area contributed by atoms with Crippen molar-refractivity contribution >= 4 is 15.7 Å². The fourth-order valence-corrected chi connectivity index (χ4v) is 4.50. The van der Waals surface area contributed by atoms with E-state index in [0.29, 0.717) is 17.2 Å². The van der Waals surface area contributed by atoms with Gasteiger partial charge in [-0.1, -0.05) is 35.9 Å². The molecule has 0 fully saturated rings. The standard InChI is InChI=1S/C22H22FNO4S/c1-16-6-4-7-17(12-16)15-24(19-10-11-21(27-2)22(14-19)28-3)29(25,26)20-9-5-8-18(23)13-20/h4-14H,15H2,1-3H3. The number of methoxy groups -OCH3 is 2. The Morgan fingerprint density at radius 3 is 2.28 bits per heavy atom. The van der Waals surface area contributed by atoms with Gasteiger partial charge in [0, 0.05) is 6.07 Å². The van der Waals surface area contributed by atoms with Crippen LogP contribution < -0.4 is 13.8 Å². The van der Waals surface area contributed by atoms with Crippen LogP contribution in [-0.2, 0) is 16.6 Å². The molecule has 3 aromatic carbocycles. The molecule has 0 spiro atoms. The Morgan fingerprint density at radius 1 is 0.897 bits per heavy atom. The zero-order chi connectivity index (χ0) is 21.0. The highest BCUT2D eigenvalue weighted by Gasteiger charge is 2.26. The molecule has 152 valence electrons. The summed E-state index contributed by atoms with van der Waals surface area (Å²) in [5.74, 6) is 0.262. The van der Waals surface area contributed by atoms with Gasteiger partial charge in [-0.05, 0) is 42.8 Å². The van der Waals surface area contributed by atoms with Crippen molar-refractivity contribution in [1.82, 2.24) is 0 Å². The molecule has 0 atom stereocenters. The fourth-order valence-electron chi connectivity index (χ4n) is 3.03. The highest BCUT2D eigenvalue weighted by Crippen LogP contribution is 2.34. The predicted octanol–water partition coefficient (Wildman–Crippen LogP) is 4.55. The fraction of sp³-hybridized carbons (Fsp3) is 0.182. The number of halogens is 1. The van der Waals surface area contributed by atoms with E-state index in [0.717, 1.165) is 17.2 Å². The molecule has 3 aromatic rings. The monoisotopic (exact) mass is 415 g/mol. The van der Waals surface area contributed by atoms with Crippen molar-refractivity contribution in [3.63, 3.8) is 0 Å². The molecule has 3 rings (SSSR count). The molecule has 0 amide bonds. The molecule has 5 nitrogen and oxygen atoms in total. The van der Waals surface area contributed by atoms with Gasteiger partial charge < -0.3 is 9.47 Å². The summed E-state index contributed by atoms with van der Waals surface area (Å²) in [7, 11) is -1.05. The smallest absolute Gasteiger partial charge is 0.264 e. The van der Waals surface area contributed by atoms with Gasteiger partial charge in [0.2, 0.25) is 0 Å². The first-order chi connectivity index (χ1) is 13.8. The highest BCUT2D eigenvalue weighted by molar-refractivity contribution is 7.92. The first-order valence-corrected chi connectivity index (χ1v) is 10.3. The molecule has 0 saturated carbocycles. The van der Waals surface area contributed by atoms with Crippen LogP contribution >= 0.6 is 0 Å². The van der Waals surface area contributed by atoms with E-state index in [1.165, 1.54) is 36.7 Å². The Balaban J connectivity index is 2.14. The number of rotatable bonds is 7. The van der Waals surface area contributed by atoms with Crippen LogP contribution in [0.25, 0.3) is 0 Å². The van der Waals surface area contributed by atoms with Crippen molar-refractivity contribution in [1.29, 1.82) is 0 Å². The third-order valence-corrected chi connectivity index (χ3v) is 6.22. The van der Waals surface area contributed by atoms with Crippen molar-refractivity contribution in [2.45, 2.75) is 18.4 Å². The largest absolute Gasteiger partial charge is 0.493 e. The van der Waals surface area contributed by atoms with Gasteiger partial charge in [0.25, 0.3) is 10.0 Å². The van der Waals surface area contributed by atoms with Crippen LogP contribution in [0.2, 0.25) is 0 Å². The van der Waals surface area contributed by atoms with Gasteiger partial charge in [-0.3, -0.25) is 4.31 Å². The minimum absolute atomic E-state index is 0.0794. The van der Waals surface area contributed by atoms with E-state index in [2.05, 4.69) is 0 Å². The van der Waals surface area contributed by atoms with E-state index in [9.17, 15) is 12.8 Å². The summed E-state index contributed by atoms with van der Waals surface area (Å²) < 4.78 is 52.4. The zero-order valence-electron chi connectivity index (χ0n) is 16.4. The quantitative estimate of drug-likeness (QED) is 0.568. The first kappa shape index (κ1) is 20.7. The Labute approximate surface area is 170 Å². The van der Waals surface area contributed by atoms with E-state index < -0.39 is 15.8 Å². The van der Waals surface area contributed by atoms with Crippen molar-refractivity contribution in [3.8, 4) is 11.5 Å². The summed E-state index contributed by atoms with van der Waals surface area (Å²) in [5.41, 5.74) is 2.20. The van der Waals surface area contributed by atoms with Crippen LogP contribution in [0.3, 0.4) is 0 Å². The van der Waals surface area contributed by atoms with Gasteiger partial charge in [-0.25, -0.2) is 12.8 Å². The second-order valence-electron chi connectivity index (χ2n) is 6.50. The third-order valence-electron chi connectivity index (χ3n) is 4.45.